The maximum absolute atomic E-state index is 9.02. The third-order valence-electron chi connectivity index (χ3n) is 1.57. The van der Waals surface area contributed by atoms with Crippen LogP contribution in [0.4, 0.5) is 0 Å². The zero-order valence-corrected chi connectivity index (χ0v) is 5.45. The Morgan fingerprint density at radius 3 is 2.44 bits per heavy atom. The molecule has 0 aromatic heterocycles. The van der Waals surface area contributed by atoms with Gasteiger partial charge in [-0.1, -0.05) is 0 Å². The molecule has 0 radical (unpaired) electrons. The fraction of sp³-hybridized carbons (Fsp3) is 1.00. The van der Waals surface area contributed by atoms with Crippen LogP contribution in [-0.2, 0) is 4.74 Å². The Kier molecular flexibility index (Phi) is 2.05. The van der Waals surface area contributed by atoms with Crippen molar-refractivity contribution in [1.82, 2.24) is 0 Å². The largest absolute Gasteiger partial charge is 0.390 e. The number of hydrogen-bond donors (Lipinski definition) is 2. The first kappa shape index (κ1) is 6.99. The fourth-order valence-electron chi connectivity index (χ4n) is 0.939. The molecule has 0 spiro atoms. The minimum atomic E-state index is -0.679. The first-order valence-electron chi connectivity index (χ1n) is 3.18. The molecule has 0 aromatic rings. The molecule has 0 amide bonds. The summed E-state index contributed by atoms with van der Waals surface area (Å²) in [5.41, 5.74) is 0. The quantitative estimate of drug-likeness (QED) is 0.468. The van der Waals surface area contributed by atoms with Gasteiger partial charge in [0.2, 0.25) is 0 Å². The summed E-state index contributed by atoms with van der Waals surface area (Å²) in [5.74, 6) is 0. The Bertz CT molecular complexity index is 94.3. The highest BCUT2D eigenvalue weighted by Crippen LogP contribution is 2.12. The van der Waals surface area contributed by atoms with E-state index >= 15 is 0 Å². The maximum Gasteiger partial charge on any atom is 0.103 e. The molecule has 9 heavy (non-hydrogen) atoms. The molecule has 0 aliphatic carbocycles. The third kappa shape index (κ3) is 1.64. The van der Waals surface area contributed by atoms with Gasteiger partial charge in [0.25, 0.3) is 0 Å². The van der Waals surface area contributed by atoms with Crippen LogP contribution in [0.2, 0.25) is 0 Å². The second-order valence-electron chi connectivity index (χ2n) is 2.51. The van der Waals surface area contributed by atoms with Crippen LogP contribution < -0.4 is 0 Å². The van der Waals surface area contributed by atoms with Crippen molar-refractivity contribution in [3.05, 3.63) is 0 Å². The topological polar surface area (TPSA) is 49.7 Å². The molecule has 1 heterocycles. The van der Waals surface area contributed by atoms with Gasteiger partial charge in [-0.2, -0.15) is 0 Å². The predicted octanol–water partition coefficient (Wildman–Crippen LogP) is -0.483. The van der Waals surface area contributed by atoms with E-state index in [0.717, 1.165) is 0 Å². The van der Waals surface area contributed by atoms with E-state index in [0.29, 0.717) is 6.42 Å². The molecule has 3 atom stereocenters. The zero-order chi connectivity index (χ0) is 6.85. The normalized spacial score (nSPS) is 45.0. The lowest BCUT2D eigenvalue weighted by molar-refractivity contribution is -0.115. The van der Waals surface area contributed by atoms with Gasteiger partial charge >= 0.3 is 0 Å². The summed E-state index contributed by atoms with van der Waals surface area (Å²) in [6.45, 7) is 2.15. The summed E-state index contributed by atoms with van der Waals surface area (Å²) in [6, 6.07) is 0. The first-order valence-corrected chi connectivity index (χ1v) is 3.18. The SMILES string of the molecule is CC1C[C@@H](O)C(O)CO1. The van der Waals surface area contributed by atoms with E-state index < -0.39 is 12.2 Å². The van der Waals surface area contributed by atoms with Crippen LogP contribution in [0.25, 0.3) is 0 Å². The average Bonchev–Trinajstić information content (AvgIpc) is 1.80. The Morgan fingerprint density at radius 2 is 2.00 bits per heavy atom. The molecule has 1 rings (SSSR count). The summed E-state index contributed by atoms with van der Waals surface area (Å²) in [5, 5.41) is 17.9. The lowest BCUT2D eigenvalue weighted by Gasteiger charge is -2.27. The predicted molar refractivity (Wildman–Crippen MR) is 32.0 cm³/mol. The highest BCUT2D eigenvalue weighted by atomic mass is 16.5. The van der Waals surface area contributed by atoms with Gasteiger partial charge in [0.15, 0.2) is 0 Å². The van der Waals surface area contributed by atoms with Crippen molar-refractivity contribution in [2.75, 3.05) is 6.61 Å². The van der Waals surface area contributed by atoms with Gasteiger partial charge in [0.05, 0.1) is 18.8 Å². The molecular weight excluding hydrogens is 120 g/mol. The molecule has 3 nitrogen and oxygen atoms in total. The Balaban J connectivity index is 2.35. The standard InChI is InChI=1S/C6H12O3/c1-4-2-5(7)6(8)3-9-4/h4-8H,2-3H2,1H3/t4?,5-,6?/m1/s1. The summed E-state index contributed by atoms with van der Waals surface area (Å²) < 4.78 is 5.05. The van der Waals surface area contributed by atoms with E-state index in [-0.39, 0.29) is 12.7 Å². The van der Waals surface area contributed by atoms with Crippen LogP contribution >= 0.6 is 0 Å². The number of aliphatic hydroxyl groups excluding tert-OH is 2. The number of hydrogen-bond acceptors (Lipinski definition) is 3. The van der Waals surface area contributed by atoms with E-state index in [2.05, 4.69) is 0 Å². The second kappa shape index (κ2) is 2.64. The highest BCUT2D eigenvalue weighted by Gasteiger charge is 2.25. The highest BCUT2D eigenvalue weighted by molar-refractivity contribution is 4.74. The van der Waals surface area contributed by atoms with Crippen LogP contribution in [0.1, 0.15) is 13.3 Å². The van der Waals surface area contributed by atoms with Crippen LogP contribution in [0.3, 0.4) is 0 Å². The molecule has 2 unspecified atom stereocenters. The molecule has 3 heteroatoms. The molecular formula is C6H12O3. The molecule has 2 N–H and O–H groups in total. The van der Waals surface area contributed by atoms with Crippen LogP contribution in [-0.4, -0.2) is 35.1 Å². The molecule has 1 aliphatic heterocycles. The van der Waals surface area contributed by atoms with E-state index in [9.17, 15) is 0 Å². The minimum Gasteiger partial charge on any atom is -0.390 e. The summed E-state index contributed by atoms with van der Waals surface area (Å²) in [7, 11) is 0. The minimum absolute atomic E-state index is 0.0865. The molecule has 1 fully saturated rings. The molecule has 1 saturated heterocycles. The van der Waals surface area contributed by atoms with Crippen molar-refractivity contribution in [1.29, 1.82) is 0 Å². The lowest BCUT2D eigenvalue weighted by Crippen LogP contribution is -2.39. The van der Waals surface area contributed by atoms with Crippen LogP contribution in [0.15, 0.2) is 0 Å². The van der Waals surface area contributed by atoms with Gasteiger partial charge < -0.3 is 14.9 Å². The lowest BCUT2D eigenvalue weighted by atomic mass is 10.1. The molecule has 0 aromatic carbocycles. The van der Waals surface area contributed by atoms with E-state index in [1.54, 1.807) is 0 Å². The summed E-state index contributed by atoms with van der Waals surface area (Å²) >= 11 is 0. The van der Waals surface area contributed by atoms with Gasteiger partial charge in [-0.05, 0) is 6.92 Å². The van der Waals surface area contributed by atoms with E-state index in [1.165, 1.54) is 0 Å². The molecule has 0 bridgehead atoms. The molecule has 54 valence electrons. The Morgan fingerprint density at radius 1 is 1.33 bits per heavy atom. The number of ether oxygens (including phenoxy) is 1. The van der Waals surface area contributed by atoms with Gasteiger partial charge in [-0.3, -0.25) is 0 Å². The maximum atomic E-state index is 9.02. The summed E-state index contributed by atoms with van der Waals surface area (Å²) in [4.78, 5) is 0. The van der Waals surface area contributed by atoms with Crippen molar-refractivity contribution >= 4 is 0 Å². The van der Waals surface area contributed by atoms with Crippen molar-refractivity contribution < 1.29 is 14.9 Å². The zero-order valence-electron chi connectivity index (χ0n) is 5.45. The van der Waals surface area contributed by atoms with Crippen LogP contribution in [0, 0.1) is 0 Å². The molecule has 0 saturated carbocycles. The first-order chi connectivity index (χ1) is 4.20. The van der Waals surface area contributed by atoms with Crippen molar-refractivity contribution in [3.63, 3.8) is 0 Å². The van der Waals surface area contributed by atoms with Gasteiger partial charge in [0, 0.05) is 6.42 Å². The van der Waals surface area contributed by atoms with E-state index in [1.807, 2.05) is 6.92 Å². The van der Waals surface area contributed by atoms with Crippen molar-refractivity contribution in [2.24, 2.45) is 0 Å². The summed E-state index contributed by atoms with van der Waals surface area (Å²) in [6.07, 6.45) is -0.639. The number of aliphatic hydroxyl groups is 2. The van der Waals surface area contributed by atoms with Gasteiger partial charge in [-0.15, -0.1) is 0 Å². The fourth-order valence-corrected chi connectivity index (χ4v) is 0.939. The monoisotopic (exact) mass is 132 g/mol. The average molecular weight is 132 g/mol. The van der Waals surface area contributed by atoms with E-state index in [4.69, 9.17) is 14.9 Å². The second-order valence-corrected chi connectivity index (χ2v) is 2.51. The van der Waals surface area contributed by atoms with Crippen molar-refractivity contribution in [2.45, 2.75) is 31.7 Å². The van der Waals surface area contributed by atoms with Crippen molar-refractivity contribution in [3.8, 4) is 0 Å². The van der Waals surface area contributed by atoms with Crippen LogP contribution in [0.5, 0.6) is 0 Å². The molecule has 1 aliphatic rings. The Hall–Kier alpha value is -0.120. The smallest absolute Gasteiger partial charge is 0.103 e. The Labute approximate surface area is 54.3 Å². The number of rotatable bonds is 0. The van der Waals surface area contributed by atoms with Gasteiger partial charge in [0.1, 0.15) is 6.10 Å². The third-order valence-corrected chi connectivity index (χ3v) is 1.57. The van der Waals surface area contributed by atoms with Gasteiger partial charge in [-0.25, -0.2) is 0 Å².